The molecule has 23 heavy (non-hydrogen) atoms. The standard InChI is InChI=1S/C20H29NO2/c1-3-4-16-23-20(22)21-15-6-5-9-19(21)10-7-8-18-13-11-17(2)12-14-18/h7-8,11-14,19H,3-6,9-10,15-16H2,1-2H3/b8-7+. The lowest BCUT2D eigenvalue weighted by Gasteiger charge is -2.34. The molecule has 1 atom stereocenters. The third-order valence-corrected chi connectivity index (χ3v) is 4.38. The Balaban J connectivity index is 1.87. The molecule has 2 rings (SSSR count). The van der Waals surface area contributed by atoms with Crippen LogP contribution in [0.2, 0.25) is 0 Å². The zero-order valence-corrected chi connectivity index (χ0v) is 14.5. The van der Waals surface area contributed by atoms with Gasteiger partial charge in [-0.2, -0.15) is 0 Å². The molecule has 0 aromatic heterocycles. The van der Waals surface area contributed by atoms with Crippen molar-refractivity contribution in [2.24, 2.45) is 0 Å². The first kappa shape index (κ1) is 17.6. The van der Waals surface area contributed by atoms with Crippen molar-refractivity contribution in [3.05, 3.63) is 41.5 Å². The average molecular weight is 315 g/mol. The zero-order chi connectivity index (χ0) is 16.5. The van der Waals surface area contributed by atoms with Gasteiger partial charge in [0.25, 0.3) is 0 Å². The number of carbonyl (C=O) groups is 1. The number of amides is 1. The van der Waals surface area contributed by atoms with E-state index < -0.39 is 0 Å². The lowest BCUT2D eigenvalue weighted by atomic mass is 9.99. The van der Waals surface area contributed by atoms with E-state index in [4.69, 9.17) is 4.74 Å². The largest absolute Gasteiger partial charge is 0.449 e. The summed E-state index contributed by atoms with van der Waals surface area (Å²) in [6, 6.07) is 8.78. The van der Waals surface area contributed by atoms with Crippen LogP contribution in [0.25, 0.3) is 6.08 Å². The fourth-order valence-corrected chi connectivity index (χ4v) is 2.91. The molecular weight excluding hydrogens is 286 g/mol. The zero-order valence-electron chi connectivity index (χ0n) is 14.5. The topological polar surface area (TPSA) is 29.5 Å². The summed E-state index contributed by atoms with van der Waals surface area (Å²) in [7, 11) is 0. The molecule has 0 radical (unpaired) electrons. The van der Waals surface area contributed by atoms with Crippen LogP contribution in [0, 0.1) is 6.92 Å². The Labute approximate surface area is 140 Å². The van der Waals surface area contributed by atoms with Gasteiger partial charge in [0, 0.05) is 12.6 Å². The summed E-state index contributed by atoms with van der Waals surface area (Å²) < 4.78 is 5.39. The van der Waals surface area contributed by atoms with Gasteiger partial charge >= 0.3 is 6.09 Å². The van der Waals surface area contributed by atoms with E-state index >= 15 is 0 Å². The van der Waals surface area contributed by atoms with Crippen LogP contribution in [0.4, 0.5) is 4.79 Å². The van der Waals surface area contributed by atoms with E-state index in [1.807, 2.05) is 4.90 Å². The van der Waals surface area contributed by atoms with Gasteiger partial charge in [0.1, 0.15) is 0 Å². The van der Waals surface area contributed by atoms with Gasteiger partial charge < -0.3 is 9.64 Å². The maximum absolute atomic E-state index is 12.2. The Bertz CT molecular complexity index is 507. The highest BCUT2D eigenvalue weighted by Gasteiger charge is 2.26. The SMILES string of the molecule is CCCCOC(=O)N1CCCCC1C/C=C/c1ccc(C)cc1. The molecule has 0 N–H and O–H groups in total. The third kappa shape index (κ3) is 5.74. The Morgan fingerprint density at radius 1 is 1.30 bits per heavy atom. The summed E-state index contributed by atoms with van der Waals surface area (Å²) >= 11 is 0. The minimum absolute atomic E-state index is 0.133. The quantitative estimate of drug-likeness (QED) is 0.676. The number of ether oxygens (including phenoxy) is 1. The number of likely N-dealkylation sites (tertiary alicyclic amines) is 1. The molecule has 1 amide bonds. The summed E-state index contributed by atoms with van der Waals surface area (Å²) in [6.45, 7) is 5.57. The van der Waals surface area contributed by atoms with E-state index in [0.29, 0.717) is 6.61 Å². The fourth-order valence-electron chi connectivity index (χ4n) is 2.91. The molecule has 1 unspecified atom stereocenters. The highest BCUT2D eigenvalue weighted by molar-refractivity contribution is 5.68. The molecule has 1 aromatic carbocycles. The van der Waals surface area contributed by atoms with Gasteiger partial charge in [0.2, 0.25) is 0 Å². The van der Waals surface area contributed by atoms with Crippen LogP contribution in [-0.2, 0) is 4.74 Å². The molecule has 1 aromatic rings. The predicted molar refractivity (Wildman–Crippen MR) is 95.4 cm³/mol. The Morgan fingerprint density at radius 3 is 2.83 bits per heavy atom. The monoisotopic (exact) mass is 315 g/mol. The van der Waals surface area contributed by atoms with Crippen LogP contribution in [0.15, 0.2) is 30.3 Å². The predicted octanol–water partition coefficient (Wildman–Crippen LogP) is 5.19. The molecule has 1 fully saturated rings. The third-order valence-electron chi connectivity index (χ3n) is 4.38. The summed E-state index contributed by atoms with van der Waals surface area (Å²) in [5, 5.41) is 0. The van der Waals surface area contributed by atoms with Crippen molar-refractivity contribution < 1.29 is 9.53 Å². The van der Waals surface area contributed by atoms with Crippen molar-refractivity contribution in [3.8, 4) is 0 Å². The normalized spacial score (nSPS) is 18.3. The second kappa shape index (κ2) is 9.39. The first-order valence-corrected chi connectivity index (χ1v) is 8.87. The lowest BCUT2D eigenvalue weighted by Crippen LogP contribution is -2.43. The average Bonchev–Trinajstić information content (AvgIpc) is 2.57. The summed E-state index contributed by atoms with van der Waals surface area (Å²) in [4.78, 5) is 14.2. The first-order valence-electron chi connectivity index (χ1n) is 8.87. The smallest absolute Gasteiger partial charge is 0.410 e. The summed E-state index contributed by atoms with van der Waals surface area (Å²) in [5.74, 6) is 0. The number of nitrogens with zero attached hydrogens (tertiary/aromatic N) is 1. The van der Waals surface area contributed by atoms with Crippen molar-refractivity contribution in [1.29, 1.82) is 0 Å². The Morgan fingerprint density at radius 2 is 2.09 bits per heavy atom. The molecule has 3 heteroatoms. The maximum Gasteiger partial charge on any atom is 0.410 e. The molecule has 0 aliphatic carbocycles. The van der Waals surface area contributed by atoms with Gasteiger partial charge in [-0.25, -0.2) is 4.79 Å². The van der Waals surface area contributed by atoms with Crippen LogP contribution < -0.4 is 0 Å². The molecule has 0 bridgehead atoms. The number of benzene rings is 1. The number of piperidine rings is 1. The second-order valence-electron chi connectivity index (χ2n) is 6.36. The minimum atomic E-state index is -0.133. The molecule has 1 aliphatic rings. The second-order valence-corrected chi connectivity index (χ2v) is 6.36. The van der Waals surface area contributed by atoms with Crippen molar-refractivity contribution in [3.63, 3.8) is 0 Å². The van der Waals surface area contributed by atoms with Gasteiger partial charge in [0.15, 0.2) is 0 Å². The van der Waals surface area contributed by atoms with Crippen LogP contribution in [0.5, 0.6) is 0 Å². The highest BCUT2D eigenvalue weighted by atomic mass is 16.6. The highest BCUT2D eigenvalue weighted by Crippen LogP contribution is 2.21. The Kier molecular flexibility index (Phi) is 7.18. The van der Waals surface area contributed by atoms with E-state index in [2.05, 4.69) is 50.3 Å². The number of carbonyl (C=O) groups excluding carboxylic acids is 1. The minimum Gasteiger partial charge on any atom is -0.449 e. The van der Waals surface area contributed by atoms with Crippen LogP contribution in [-0.4, -0.2) is 30.2 Å². The number of rotatable bonds is 6. The number of aryl methyl sites for hydroxylation is 1. The van der Waals surface area contributed by atoms with Crippen LogP contribution >= 0.6 is 0 Å². The number of unbranched alkanes of at least 4 members (excludes halogenated alkanes) is 1. The van der Waals surface area contributed by atoms with Crippen LogP contribution in [0.3, 0.4) is 0 Å². The maximum atomic E-state index is 12.2. The molecule has 0 saturated carbocycles. The number of hydrogen-bond acceptors (Lipinski definition) is 2. The molecule has 1 heterocycles. The molecular formula is C20H29NO2. The molecule has 126 valence electrons. The van der Waals surface area contributed by atoms with Crippen LogP contribution in [0.1, 0.15) is 56.6 Å². The van der Waals surface area contributed by atoms with E-state index in [1.54, 1.807) is 0 Å². The molecule has 1 saturated heterocycles. The fraction of sp³-hybridized carbons (Fsp3) is 0.550. The van der Waals surface area contributed by atoms with Gasteiger partial charge in [-0.05, 0) is 44.6 Å². The van der Waals surface area contributed by atoms with E-state index in [-0.39, 0.29) is 12.1 Å². The van der Waals surface area contributed by atoms with E-state index in [0.717, 1.165) is 38.6 Å². The van der Waals surface area contributed by atoms with Gasteiger partial charge in [-0.3, -0.25) is 0 Å². The Hall–Kier alpha value is -1.77. The molecule has 0 spiro atoms. The van der Waals surface area contributed by atoms with E-state index in [9.17, 15) is 4.79 Å². The number of hydrogen-bond donors (Lipinski definition) is 0. The van der Waals surface area contributed by atoms with Gasteiger partial charge in [-0.1, -0.05) is 55.3 Å². The summed E-state index contributed by atoms with van der Waals surface area (Å²) in [6.07, 6.45) is 10.4. The van der Waals surface area contributed by atoms with Crippen molar-refractivity contribution in [2.45, 2.75) is 58.4 Å². The lowest BCUT2D eigenvalue weighted by molar-refractivity contribution is 0.0729. The molecule has 3 nitrogen and oxygen atoms in total. The van der Waals surface area contributed by atoms with E-state index in [1.165, 1.54) is 17.5 Å². The molecule has 1 aliphatic heterocycles. The van der Waals surface area contributed by atoms with Gasteiger partial charge in [-0.15, -0.1) is 0 Å². The van der Waals surface area contributed by atoms with Crippen molar-refractivity contribution >= 4 is 12.2 Å². The first-order chi connectivity index (χ1) is 11.2. The van der Waals surface area contributed by atoms with Crippen molar-refractivity contribution in [1.82, 2.24) is 4.90 Å². The van der Waals surface area contributed by atoms with Gasteiger partial charge in [0.05, 0.1) is 6.61 Å². The van der Waals surface area contributed by atoms with Crippen molar-refractivity contribution in [2.75, 3.05) is 13.2 Å². The summed E-state index contributed by atoms with van der Waals surface area (Å²) in [5.41, 5.74) is 2.49.